The topological polar surface area (TPSA) is 87.1 Å². The van der Waals surface area contributed by atoms with E-state index in [1.807, 2.05) is 48.5 Å². The summed E-state index contributed by atoms with van der Waals surface area (Å²) in [6.07, 6.45) is 1.22. The van der Waals surface area contributed by atoms with Crippen molar-refractivity contribution in [2.75, 3.05) is 30.8 Å². The zero-order valence-electron chi connectivity index (χ0n) is 20.4. The SMILES string of the molecule is CC(=O)n1c(O)c(C(=Nc2ccc(N3CC4CC3CN4C)cc2)c2ccccc2)c2ccc(N)cc21. The summed E-state index contributed by atoms with van der Waals surface area (Å²) in [4.78, 5) is 22.4. The van der Waals surface area contributed by atoms with E-state index in [4.69, 9.17) is 10.7 Å². The van der Waals surface area contributed by atoms with Gasteiger partial charge in [0.2, 0.25) is 11.8 Å². The lowest BCUT2D eigenvalue weighted by atomic mass is 10.0. The smallest absolute Gasteiger partial charge is 0.230 e. The number of nitrogens with two attached hydrogens (primary N) is 1. The van der Waals surface area contributed by atoms with Crippen LogP contribution in [-0.2, 0) is 0 Å². The Kier molecular flexibility index (Phi) is 5.30. The van der Waals surface area contributed by atoms with Crippen LogP contribution in [-0.4, -0.2) is 58.4 Å². The summed E-state index contributed by atoms with van der Waals surface area (Å²) in [6.45, 7) is 3.58. The number of nitrogens with zero attached hydrogens (tertiary/aromatic N) is 4. The maximum atomic E-state index is 12.5. The molecule has 2 bridgehead atoms. The van der Waals surface area contributed by atoms with Crippen molar-refractivity contribution in [3.8, 4) is 5.88 Å². The van der Waals surface area contributed by atoms with Gasteiger partial charge < -0.3 is 15.7 Å². The molecule has 182 valence electrons. The molecule has 2 fully saturated rings. The molecule has 3 N–H and O–H groups in total. The van der Waals surface area contributed by atoms with E-state index in [1.165, 1.54) is 23.6 Å². The van der Waals surface area contributed by atoms with Crippen molar-refractivity contribution in [3.05, 3.63) is 83.9 Å². The molecule has 0 spiro atoms. The molecule has 2 aliphatic heterocycles. The number of hydrogen-bond donors (Lipinski definition) is 2. The molecule has 0 saturated carbocycles. The summed E-state index contributed by atoms with van der Waals surface area (Å²) in [5, 5.41) is 12.0. The third-order valence-corrected chi connectivity index (χ3v) is 7.50. The van der Waals surface area contributed by atoms with Gasteiger partial charge in [-0.2, -0.15) is 0 Å². The van der Waals surface area contributed by atoms with Gasteiger partial charge in [0.1, 0.15) is 0 Å². The number of hydrogen-bond acceptors (Lipinski definition) is 6. The summed E-state index contributed by atoms with van der Waals surface area (Å²) in [5.41, 5.74) is 11.0. The van der Waals surface area contributed by atoms with Crippen LogP contribution in [0.3, 0.4) is 0 Å². The molecule has 36 heavy (non-hydrogen) atoms. The predicted octanol–water partition coefficient (Wildman–Crippen LogP) is 4.65. The lowest BCUT2D eigenvalue weighted by molar-refractivity contribution is 0.0933. The van der Waals surface area contributed by atoms with E-state index in [2.05, 4.69) is 29.0 Å². The summed E-state index contributed by atoms with van der Waals surface area (Å²) >= 11 is 0. The fourth-order valence-electron chi connectivity index (χ4n) is 5.73. The molecule has 7 nitrogen and oxygen atoms in total. The van der Waals surface area contributed by atoms with Gasteiger partial charge in [-0.15, -0.1) is 0 Å². The number of aliphatic imine (C=N–C) groups is 1. The van der Waals surface area contributed by atoms with Crippen LogP contribution in [0.25, 0.3) is 10.9 Å². The second-order valence-corrected chi connectivity index (χ2v) is 9.81. The van der Waals surface area contributed by atoms with Crippen LogP contribution < -0.4 is 10.6 Å². The fourth-order valence-corrected chi connectivity index (χ4v) is 5.73. The number of rotatable bonds is 4. The lowest BCUT2D eigenvalue weighted by Crippen LogP contribution is -2.44. The minimum absolute atomic E-state index is 0.139. The third kappa shape index (κ3) is 3.63. The highest BCUT2D eigenvalue weighted by molar-refractivity contribution is 6.23. The quantitative estimate of drug-likeness (QED) is 0.329. The van der Waals surface area contributed by atoms with Gasteiger partial charge in [-0.3, -0.25) is 14.3 Å². The molecule has 6 rings (SSSR count). The van der Waals surface area contributed by atoms with Crippen LogP contribution in [0.2, 0.25) is 0 Å². The Morgan fingerprint density at radius 2 is 1.75 bits per heavy atom. The van der Waals surface area contributed by atoms with Gasteiger partial charge in [-0.1, -0.05) is 30.3 Å². The average Bonchev–Trinajstić information content (AvgIpc) is 3.53. The minimum atomic E-state index is -0.295. The molecule has 0 amide bonds. The van der Waals surface area contributed by atoms with E-state index >= 15 is 0 Å². The number of fused-ring (bicyclic) bond motifs is 3. The maximum absolute atomic E-state index is 12.5. The van der Waals surface area contributed by atoms with Crippen LogP contribution >= 0.6 is 0 Å². The number of carbonyl (C=O) groups is 1. The number of nitrogen functional groups attached to an aromatic ring is 1. The number of likely N-dealkylation sites (tertiary alicyclic amines) is 1. The van der Waals surface area contributed by atoms with Gasteiger partial charge in [0.25, 0.3) is 0 Å². The molecule has 0 radical (unpaired) electrons. The number of piperazine rings is 1. The third-order valence-electron chi connectivity index (χ3n) is 7.50. The van der Waals surface area contributed by atoms with Crippen molar-refractivity contribution in [1.82, 2.24) is 9.47 Å². The monoisotopic (exact) mass is 479 g/mol. The first kappa shape index (κ1) is 22.4. The first-order valence-corrected chi connectivity index (χ1v) is 12.3. The highest BCUT2D eigenvalue weighted by Crippen LogP contribution is 2.37. The van der Waals surface area contributed by atoms with Gasteiger partial charge >= 0.3 is 0 Å². The van der Waals surface area contributed by atoms with Gasteiger partial charge in [0, 0.05) is 54.4 Å². The Morgan fingerprint density at radius 3 is 2.39 bits per heavy atom. The summed E-state index contributed by atoms with van der Waals surface area (Å²) in [5.74, 6) is -0.434. The molecule has 2 atom stereocenters. The Balaban J connectivity index is 1.46. The second-order valence-electron chi connectivity index (χ2n) is 9.81. The molecule has 4 aromatic rings. The van der Waals surface area contributed by atoms with E-state index in [0.29, 0.717) is 39.9 Å². The Labute approximate surface area is 210 Å². The van der Waals surface area contributed by atoms with Gasteiger partial charge in [-0.05, 0) is 55.9 Å². The number of likely N-dealkylation sites (N-methyl/N-ethyl adjacent to an activating group) is 1. The van der Waals surface area contributed by atoms with Gasteiger partial charge in [0.05, 0.1) is 22.5 Å². The van der Waals surface area contributed by atoms with Crippen molar-refractivity contribution in [1.29, 1.82) is 0 Å². The standard InChI is InChI=1S/C29H29N5O2/c1-18(35)34-26-14-20(30)8-13-25(26)27(29(34)36)28(19-6-4-3-5-7-19)31-21-9-11-22(12-10-21)33-17-23-15-24(33)16-32(23)2/h3-14,23-24,36H,15-17,30H2,1-2H3. The van der Waals surface area contributed by atoms with E-state index in [1.54, 1.807) is 12.1 Å². The van der Waals surface area contributed by atoms with Crippen molar-refractivity contribution >= 4 is 39.6 Å². The largest absolute Gasteiger partial charge is 0.494 e. The normalized spacial score (nSPS) is 19.9. The van der Waals surface area contributed by atoms with E-state index < -0.39 is 0 Å². The van der Waals surface area contributed by atoms with Crippen LogP contribution in [0.15, 0.2) is 77.8 Å². The zero-order valence-corrected chi connectivity index (χ0v) is 20.4. The van der Waals surface area contributed by atoms with Crippen LogP contribution in [0.5, 0.6) is 5.88 Å². The Morgan fingerprint density at radius 1 is 1.00 bits per heavy atom. The molecule has 3 aromatic carbocycles. The van der Waals surface area contributed by atoms with Crippen LogP contribution in [0, 0.1) is 0 Å². The number of benzene rings is 3. The predicted molar refractivity (Wildman–Crippen MR) is 145 cm³/mol. The van der Waals surface area contributed by atoms with E-state index in [-0.39, 0.29) is 11.8 Å². The first-order chi connectivity index (χ1) is 17.4. The number of carbonyl (C=O) groups excluding carboxylic acids is 1. The Hall–Kier alpha value is -4.10. The molecular weight excluding hydrogens is 450 g/mol. The molecule has 2 aliphatic rings. The average molecular weight is 480 g/mol. The molecule has 0 aliphatic carbocycles. The van der Waals surface area contributed by atoms with Gasteiger partial charge in [0.15, 0.2) is 0 Å². The molecule has 2 unspecified atom stereocenters. The number of aromatic hydroxyl groups is 1. The Bertz CT molecular complexity index is 1490. The highest BCUT2D eigenvalue weighted by Gasteiger charge is 2.41. The summed E-state index contributed by atoms with van der Waals surface area (Å²) < 4.78 is 1.29. The maximum Gasteiger partial charge on any atom is 0.230 e. The van der Waals surface area contributed by atoms with Crippen molar-refractivity contribution in [2.24, 2.45) is 4.99 Å². The lowest BCUT2D eigenvalue weighted by Gasteiger charge is -2.33. The number of anilines is 2. The van der Waals surface area contributed by atoms with Crippen LogP contribution in [0.4, 0.5) is 17.1 Å². The summed E-state index contributed by atoms with van der Waals surface area (Å²) in [6, 6.07) is 24.5. The van der Waals surface area contributed by atoms with Crippen LogP contribution in [0.1, 0.15) is 29.3 Å². The van der Waals surface area contributed by atoms with Crippen molar-refractivity contribution in [2.45, 2.75) is 25.4 Å². The number of aromatic nitrogens is 1. The van der Waals surface area contributed by atoms with E-state index in [9.17, 15) is 9.90 Å². The first-order valence-electron chi connectivity index (χ1n) is 12.3. The fraction of sp³-hybridized carbons (Fsp3) is 0.241. The molecule has 1 aromatic heterocycles. The van der Waals surface area contributed by atoms with E-state index in [0.717, 1.165) is 24.3 Å². The minimum Gasteiger partial charge on any atom is -0.494 e. The molecule has 3 heterocycles. The molecular formula is C29H29N5O2. The van der Waals surface area contributed by atoms with Crippen molar-refractivity contribution < 1.29 is 9.90 Å². The second kappa shape index (κ2) is 8.53. The van der Waals surface area contributed by atoms with Crippen molar-refractivity contribution in [3.63, 3.8) is 0 Å². The molecule has 7 heteroatoms. The highest BCUT2D eigenvalue weighted by atomic mass is 16.3. The zero-order chi connectivity index (χ0) is 25.0. The summed E-state index contributed by atoms with van der Waals surface area (Å²) in [7, 11) is 2.21. The molecule has 2 saturated heterocycles. The van der Waals surface area contributed by atoms with Gasteiger partial charge in [-0.25, -0.2) is 4.99 Å².